The van der Waals surface area contributed by atoms with E-state index in [0.29, 0.717) is 17.9 Å². The van der Waals surface area contributed by atoms with Gasteiger partial charge in [0, 0.05) is 40.7 Å². The quantitative estimate of drug-likeness (QED) is 0.186. The van der Waals surface area contributed by atoms with E-state index in [1.807, 2.05) is 30.3 Å². The third-order valence-electron chi connectivity index (χ3n) is 7.59. The Morgan fingerprint density at radius 1 is 0.875 bits per heavy atom. The van der Waals surface area contributed by atoms with Gasteiger partial charge in [0.1, 0.15) is 31.6 Å². The molecular weight excluding hydrogens is 680 g/mol. The van der Waals surface area contributed by atoms with Gasteiger partial charge in [0.05, 0.1) is 10.6 Å². The van der Waals surface area contributed by atoms with E-state index in [1.165, 1.54) is 35.2 Å². The monoisotopic (exact) mass is 713 g/mol. The molecule has 0 saturated carbocycles. The number of carbonyl (C=O) groups is 2. The Bertz CT molecular complexity index is 1860. The first kappa shape index (κ1) is 35.0. The average Bonchev–Trinajstić information content (AvgIpc) is 3.06. The van der Waals surface area contributed by atoms with E-state index in [2.05, 4.69) is 5.32 Å². The zero-order chi connectivity index (χ0) is 34.4. The number of amides is 2. The van der Waals surface area contributed by atoms with Crippen LogP contribution in [0.2, 0.25) is 10.0 Å². The predicted molar refractivity (Wildman–Crippen MR) is 183 cm³/mol. The van der Waals surface area contributed by atoms with Crippen molar-refractivity contribution in [2.75, 3.05) is 24.1 Å². The highest BCUT2D eigenvalue weighted by Crippen LogP contribution is 2.35. The summed E-state index contributed by atoms with van der Waals surface area (Å²) in [4.78, 5) is 29.5. The molecule has 48 heavy (non-hydrogen) atoms. The second-order valence-electron chi connectivity index (χ2n) is 11.4. The first-order valence-corrected chi connectivity index (χ1v) is 17.4. The van der Waals surface area contributed by atoms with Crippen molar-refractivity contribution in [1.29, 1.82) is 0 Å². The summed E-state index contributed by atoms with van der Waals surface area (Å²) in [7, 11) is -4.47. The normalized spacial score (nSPS) is 13.1. The van der Waals surface area contributed by atoms with Crippen molar-refractivity contribution in [1.82, 2.24) is 10.2 Å². The van der Waals surface area contributed by atoms with Crippen LogP contribution in [0.5, 0.6) is 11.5 Å². The number of hydrogen-bond donors (Lipinski definition) is 1. The molecule has 0 radical (unpaired) electrons. The molecule has 4 aromatic carbocycles. The fourth-order valence-corrected chi connectivity index (χ4v) is 7.18. The Kier molecular flexibility index (Phi) is 11.1. The smallest absolute Gasteiger partial charge is 0.264 e. The second kappa shape index (κ2) is 15.3. The molecule has 0 bridgehead atoms. The van der Waals surface area contributed by atoms with Crippen LogP contribution in [0.3, 0.4) is 0 Å². The number of halogens is 3. The van der Waals surface area contributed by atoms with Crippen LogP contribution in [0, 0.1) is 5.82 Å². The molecule has 1 heterocycles. The summed E-state index contributed by atoms with van der Waals surface area (Å²) >= 11 is 13.1. The third-order valence-corrected chi connectivity index (χ3v) is 10.1. The molecule has 0 saturated heterocycles. The van der Waals surface area contributed by atoms with Crippen molar-refractivity contribution in [3.8, 4) is 11.5 Å². The topological polar surface area (TPSA) is 105 Å². The number of nitrogens with zero attached hydrogens (tertiary/aromatic N) is 2. The highest BCUT2D eigenvalue weighted by atomic mass is 35.5. The number of anilines is 1. The molecule has 1 aliphatic rings. The first-order valence-electron chi connectivity index (χ1n) is 15.2. The molecule has 0 fully saturated rings. The Balaban J connectivity index is 1.60. The summed E-state index contributed by atoms with van der Waals surface area (Å²) in [5.74, 6) is -1.15. The molecule has 2 amide bonds. The molecule has 0 aliphatic carbocycles. The Morgan fingerprint density at radius 3 is 2.17 bits per heavy atom. The van der Waals surface area contributed by atoms with E-state index in [1.54, 1.807) is 32.0 Å². The van der Waals surface area contributed by atoms with Crippen LogP contribution in [0.4, 0.5) is 10.1 Å². The second-order valence-corrected chi connectivity index (χ2v) is 14.1. The molecule has 4 aromatic rings. The van der Waals surface area contributed by atoms with Gasteiger partial charge in [-0.3, -0.25) is 13.9 Å². The minimum atomic E-state index is -4.47. The molecule has 13 heteroatoms. The van der Waals surface area contributed by atoms with Gasteiger partial charge in [-0.15, -0.1) is 0 Å². The van der Waals surface area contributed by atoms with Gasteiger partial charge in [0.2, 0.25) is 11.8 Å². The van der Waals surface area contributed by atoms with Crippen LogP contribution >= 0.6 is 23.2 Å². The molecule has 0 aromatic heterocycles. The minimum absolute atomic E-state index is 0.0293. The van der Waals surface area contributed by atoms with E-state index < -0.39 is 40.2 Å². The maximum atomic E-state index is 14.6. The first-order chi connectivity index (χ1) is 22.9. The fraction of sp³-hybridized carbons (Fsp3) is 0.257. The number of nitrogens with one attached hydrogen (secondary N) is 1. The van der Waals surface area contributed by atoms with Gasteiger partial charge in [-0.05, 0) is 67.9 Å². The zero-order valence-electron chi connectivity index (χ0n) is 26.2. The maximum absolute atomic E-state index is 14.6. The SMILES string of the molecule is CC(C)NC(=O)[C@H](Cc1ccccc1)N(Cc1c(Cl)cccc1Cl)C(=O)CN(c1ccc(F)cc1)S(=O)(=O)c1ccc2c(c1)OCCO2. The van der Waals surface area contributed by atoms with Crippen LogP contribution in [0.1, 0.15) is 25.0 Å². The number of rotatable bonds is 12. The van der Waals surface area contributed by atoms with Gasteiger partial charge < -0.3 is 19.7 Å². The van der Waals surface area contributed by atoms with Crippen LogP contribution in [-0.4, -0.2) is 57.0 Å². The zero-order valence-corrected chi connectivity index (χ0v) is 28.6. The molecule has 0 unspecified atom stereocenters. The number of hydrogen-bond acceptors (Lipinski definition) is 6. The lowest BCUT2D eigenvalue weighted by Gasteiger charge is -2.34. The summed E-state index contributed by atoms with van der Waals surface area (Å²) in [5.41, 5.74) is 1.18. The molecule has 1 aliphatic heterocycles. The summed E-state index contributed by atoms with van der Waals surface area (Å²) in [6.07, 6.45) is 0.110. The predicted octanol–water partition coefficient (Wildman–Crippen LogP) is 6.26. The summed E-state index contributed by atoms with van der Waals surface area (Å²) in [5, 5.41) is 3.42. The molecule has 1 atom stereocenters. The lowest BCUT2D eigenvalue weighted by atomic mass is 10.0. The van der Waals surface area contributed by atoms with E-state index in [4.69, 9.17) is 32.7 Å². The number of fused-ring (bicyclic) bond motifs is 1. The molecular formula is C35H34Cl2FN3O6S. The van der Waals surface area contributed by atoms with Gasteiger partial charge in [0.25, 0.3) is 10.0 Å². The highest BCUT2D eigenvalue weighted by molar-refractivity contribution is 7.92. The molecule has 252 valence electrons. The Morgan fingerprint density at radius 2 is 1.52 bits per heavy atom. The van der Waals surface area contributed by atoms with Crippen molar-refractivity contribution in [3.05, 3.63) is 118 Å². The van der Waals surface area contributed by atoms with Crippen molar-refractivity contribution in [2.24, 2.45) is 0 Å². The number of sulfonamides is 1. The Labute approximate surface area is 289 Å². The number of benzene rings is 4. The van der Waals surface area contributed by atoms with Crippen molar-refractivity contribution >= 4 is 50.7 Å². The number of carbonyl (C=O) groups excluding carboxylic acids is 2. The summed E-state index contributed by atoms with van der Waals surface area (Å²) in [6.45, 7) is 3.19. The lowest BCUT2D eigenvalue weighted by molar-refractivity contribution is -0.140. The van der Waals surface area contributed by atoms with Crippen LogP contribution in [0.15, 0.2) is 95.9 Å². The van der Waals surface area contributed by atoms with Gasteiger partial charge in [-0.1, -0.05) is 59.6 Å². The molecule has 9 nitrogen and oxygen atoms in total. The highest BCUT2D eigenvalue weighted by Gasteiger charge is 2.36. The van der Waals surface area contributed by atoms with E-state index in [9.17, 15) is 22.4 Å². The standard InChI is InChI=1S/C35H34Cl2FN3O6S/c1-23(2)39-35(43)31(19-24-7-4-3-5-8-24)40(21-28-29(36)9-6-10-30(28)37)34(42)22-41(26-13-11-25(38)12-14-26)48(44,45)27-15-16-32-33(20-27)47-18-17-46-32/h3-16,20,23,31H,17-19,21-22H2,1-2H3,(H,39,43)/t31-/m0/s1. The van der Waals surface area contributed by atoms with Crippen molar-refractivity contribution in [2.45, 2.75) is 43.8 Å². The molecule has 1 N–H and O–H groups in total. The third kappa shape index (κ3) is 8.21. The van der Waals surface area contributed by atoms with Gasteiger partial charge >= 0.3 is 0 Å². The van der Waals surface area contributed by atoms with Crippen LogP contribution in [-0.2, 0) is 32.6 Å². The average molecular weight is 715 g/mol. The van der Waals surface area contributed by atoms with Gasteiger partial charge in [-0.2, -0.15) is 0 Å². The van der Waals surface area contributed by atoms with E-state index in [-0.39, 0.29) is 52.0 Å². The largest absolute Gasteiger partial charge is 0.486 e. The van der Waals surface area contributed by atoms with E-state index >= 15 is 0 Å². The maximum Gasteiger partial charge on any atom is 0.264 e. The van der Waals surface area contributed by atoms with Crippen molar-refractivity contribution < 1.29 is 31.9 Å². The van der Waals surface area contributed by atoms with Crippen molar-refractivity contribution in [3.63, 3.8) is 0 Å². The van der Waals surface area contributed by atoms with Gasteiger partial charge in [-0.25, -0.2) is 12.8 Å². The summed E-state index contributed by atoms with van der Waals surface area (Å²) in [6, 6.07) is 21.5. The fourth-order valence-electron chi connectivity index (χ4n) is 5.24. The van der Waals surface area contributed by atoms with Crippen LogP contribution in [0.25, 0.3) is 0 Å². The summed E-state index contributed by atoms with van der Waals surface area (Å²) < 4.78 is 54.7. The minimum Gasteiger partial charge on any atom is -0.486 e. The van der Waals surface area contributed by atoms with Crippen LogP contribution < -0.4 is 19.1 Å². The van der Waals surface area contributed by atoms with E-state index in [0.717, 1.165) is 22.0 Å². The molecule has 5 rings (SSSR count). The number of ether oxygens (including phenoxy) is 2. The molecule has 0 spiro atoms. The Hall–Kier alpha value is -4.32. The van der Waals surface area contributed by atoms with Gasteiger partial charge in [0.15, 0.2) is 11.5 Å². The lowest BCUT2D eigenvalue weighted by Crippen LogP contribution is -2.54.